The molecule has 2 aromatic rings. The fourth-order valence-electron chi connectivity index (χ4n) is 4.19. The SMILES string of the molecule is CC1CCN(C(=O)CN2CCOC(c3ccc(-c4cccc(C(N)=O)c4)cn3)C2)CC1. The Morgan fingerprint density at radius 1 is 1.13 bits per heavy atom. The van der Waals surface area contributed by atoms with Crippen molar-refractivity contribution < 1.29 is 14.3 Å². The fourth-order valence-corrected chi connectivity index (χ4v) is 4.19. The molecule has 0 aliphatic carbocycles. The lowest BCUT2D eigenvalue weighted by Gasteiger charge is -2.35. The molecule has 3 heterocycles. The molecule has 1 atom stereocenters. The Hall–Kier alpha value is -2.77. The largest absolute Gasteiger partial charge is 0.369 e. The van der Waals surface area contributed by atoms with Gasteiger partial charge in [-0.1, -0.05) is 25.1 Å². The van der Waals surface area contributed by atoms with E-state index in [2.05, 4.69) is 16.8 Å². The van der Waals surface area contributed by atoms with E-state index < -0.39 is 5.91 Å². The third kappa shape index (κ3) is 5.29. The van der Waals surface area contributed by atoms with Crippen LogP contribution in [0.4, 0.5) is 0 Å². The Morgan fingerprint density at radius 2 is 1.94 bits per heavy atom. The summed E-state index contributed by atoms with van der Waals surface area (Å²) in [7, 11) is 0. The van der Waals surface area contributed by atoms with E-state index in [0.29, 0.717) is 31.2 Å². The molecule has 31 heavy (non-hydrogen) atoms. The van der Waals surface area contributed by atoms with Crippen molar-refractivity contribution in [2.45, 2.75) is 25.9 Å². The highest BCUT2D eigenvalue weighted by atomic mass is 16.5. The predicted octanol–water partition coefficient (Wildman–Crippen LogP) is 2.48. The summed E-state index contributed by atoms with van der Waals surface area (Å²) in [5, 5.41) is 0. The number of hydrogen-bond acceptors (Lipinski definition) is 5. The number of carbonyl (C=O) groups excluding carboxylic acids is 2. The molecule has 0 radical (unpaired) electrons. The molecule has 0 saturated carbocycles. The highest BCUT2D eigenvalue weighted by Gasteiger charge is 2.27. The summed E-state index contributed by atoms with van der Waals surface area (Å²) in [5.74, 6) is 0.477. The topological polar surface area (TPSA) is 88.8 Å². The van der Waals surface area contributed by atoms with Crippen LogP contribution in [0.5, 0.6) is 0 Å². The number of piperidine rings is 1. The third-order valence-electron chi connectivity index (χ3n) is 6.24. The third-order valence-corrected chi connectivity index (χ3v) is 6.24. The van der Waals surface area contributed by atoms with Gasteiger partial charge in [-0.15, -0.1) is 0 Å². The monoisotopic (exact) mass is 422 g/mol. The first kappa shape index (κ1) is 21.5. The van der Waals surface area contributed by atoms with Crippen molar-refractivity contribution >= 4 is 11.8 Å². The van der Waals surface area contributed by atoms with Crippen molar-refractivity contribution in [3.63, 3.8) is 0 Å². The van der Waals surface area contributed by atoms with Crippen LogP contribution in [0.3, 0.4) is 0 Å². The smallest absolute Gasteiger partial charge is 0.248 e. The van der Waals surface area contributed by atoms with Gasteiger partial charge in [-0.25, -0.2) is 0 Å². The van der Waals surface area contributed by atoms with E-state index >= 15 is 0 Å². The maximum atomic E-state index is 12.7. The number of pyridine rings is 1. The van der Waals surface area contributed by atoms with Gasteiger partial charge in [0.1, 0.15) is 6.10 Å². The van der Waals surface area contributed by atoms with Gasteiger partial charge in [0, 0.05) is 43.5 Å². The lowest BCUT2D eigenvalue weighted by molar-refractivity contribution is -0.135. The summed E-state index contributed by atoms with van der Waals surface area (Å²) in [6, 6.07) is 11.1. The quantitative estimate of drug-likeness (QED) is 0.800. The number of nitrogens with two attached hydrogens (primary N) is 1. The minimum absolute atomic E-state index is 0.158. The van der Waals surface area contributed by atoms with Gasteiger partial charge in [-0.2, -0.15) is 0 Å². The number of ether oxygens (including phenoxy) is 1. The maximum Gasteiger partial charge on any atom is 0.248 e. The molecule has 1 aromatic carbocycles. The number of nitrogens with zero attached hydrogens (tertiary/aromatic N) is 3. The van der Waals surface area contributed by atoms with Gasteiger partial charge in [0.15, 0.2) is 0 Å². The zero-order chi connectivity index (χ0) is 21.8. The van der Waals surface area contributed by atoms with Crippen LogP contribution in [-0.4, -0.2) is 65.9 Å². The van der Waals surface area contributed by atoms with E-state index in [1.54, 1.807) is 18.3 Å². The summed E-state index contributed by atoms with van der Waals surface area (Å²) in [6.07, 6.45) is 3.82. The van der Waals surface area contributed by atoms with Crippen LogP contribution < -0.4 is 5.73 Å². The van der Waals surface area contributed by atoms with Crippen molar-refractivity contribution in [2.75, 3.05) is 39.3 Å². The number of primary amides is 1. The molecule has 7 heteroatoms. The molecule has 0 spiro atoms. The molecule has 2 amide bonds. The van der Waals surface area contributed by atoms with Crippen LogP contribution in [0.1, 0.15) is 41.9 Å². The highest BCUT2D eigenvalue weighted by Crippen LogP contribution is 2.25. The molecule has 164 valence electrons. The zero-order valence-electron chi connectivity index (χ0n) is 18.0. The molecule has 0 bridgehead atoms. The van der Waals surface area contributed by atoms with E-state index in [0.717, 1.165) is 49.3 Å². The van der Waals surface area contributed by atoms with E-state index in [-0.39, 0.29) is 12.0 Å². The Balaban J connectivity index is 1.37. The molecular formula is C24H30N4O3. The molecule has 7 nitrogen and oxygen atoms in total. The van der Waals surface area contributed by atoms with Gasteiger partial charge < -0.3 is 15.4 Å². The van der Waals surface area contributed by atoms with Gasteiger partial charge in [-0.3, -0.25) is 19.5 Å². The Bertz CT molecular complexity index is 923. The summed E-state index contributed by atoms with van der Waals surface area (Å²) in [4.78, 5) is 32.9. The van der Waals surface area contributed by atoms with Gasteiger partial charge in [0.05, 0.1) is 18.8 Å². The molecule has 1 aromatic heterocycles. The maximum absolute atomic E-state index is 12.7. The zero-order valence-corrected chi connectivity index (χ0v) is 18.0. The molecule has 2 aliphatic heterocycles. The minimum atomic E-state index is -0.448. The van der Waals surface area contributed by atoms with Crippen molar-refractivity contribution in [3.8, 4) is 11.1 Å². The van der Waals surface area contributed by atoms with Crippen molar-refractivity contribution in [1.82, 2.24) is 14.8 Å². The van der Waals surface area contributed by atoms with E-state index in [1.165, 1.54) is 0 Å². The van der Waals surface area contributed by atoms with Gasteiger partial charge in [0.25, 0.3) is 0 Å². The van der Waals surface area contributed by atoms with Crippen LogP contribution in [0.2, 0.25) is 0 Å². The first-order chi connectivity index (χ1) is 15.0. The first-order valence-electron chi connectivity index (χ1n) is 11.0. The van der Waals surface area contributed by atoms with Crippen LogP contribution in [0, 0.1) is 5.92 Å². The number of benzene rings is 1. The second kappa shape index (κ2) is 9.58. The number of carbonyl (C=O) groups is 2. The molecule has 2 saturated heterocycles. The summed E-state index contributed by atoms with van der Waals surface area (Å²) < 4.78 is 5.94. The van der Waals surface area contributed by atoms with Crippen LogP contribution in [-0.2, 0) is 9.53 Å². The van der Waals surface area contributed by atoms with Gasteiger partial charge in [-0.05, 0) is 42.5 Å². The average Bonchev–Trinajstić information content (AvgIpc) is 2.80. The molecule has 1 unspecified atom stereocenters. The number of rotatable bonds is 5. The molecule has 2 fully saturated rings. The molecule has 2 aliphatic rings. The summed E-state index contributed by atoms with van der Waals surface area (Å²) >= 11 is 0. The Labute approximate surface area is 183 Å². The lowest BCUT2D eigenvalue weighted by Crippen LogP contribution is -2.47. The lowest BCUT2D eigenvalue weighted by atomic mass is 9.99. The number of likely N-dealkylation sites (tertiary alicyclic amines) is 1. The van der Waals surface area contributed by atoms with Crippen molar-refractivity contribution in [3.05, 3.63) is 53.9 Å². The number of hydrogen-bond donors (Lipinski definition) is 1. The average molecular weight is 423 g/mol. The van der Waals surface area contributed by atoms with Crippen LogP contribution in [0.25, 0.3) is 11.1 Å². The fraction of sp³-hybridized carbons (Fsp3) is 0.458. The second-order valence-corrected chi connectivity index (χ2v) is 8.57. The summed E-state index contributed by atoms with van der Waals surface area (Å²) in [5.41, 5.74) is 8.50. The predicted molar refractivity (Wildman–Crippen MR) is 118 cm³/mol. The van der Waals surface area contributed by atoms with E-state index in [4.69, 9.17) is 10.5 Å². The second-order valence-electron chi connectivity index (χ2n) is 8.57. The molecule has 2 N–H and O–H groups in total. The minimum Gasteiger partial charge on any atom is -0.369 e. The van der Waals surface area contributed by atoms with E-state index in [9.17, 15) is 9.59 Å². The standard InChI is InChI=1S/C24H30N4O3/c1-17-7-9-28(10-8-17)23(29)16-27-11-12-31-22(15-27)21-6-5-20(14-26-21)18-3-2-4-19(13-18)24(25)30/h2-6,13-14,17,22H,7-12,15-16H2,1H3,(H2,25,30). The first-order valence-corrected chi connectivity index (χ1v) is 11.0. The molecule has 4 rings (SSSR count). The molecular weight excluding hydrogens is 392 g/mol. The highest BCUT2D eigenvalue weighted by molar-refractivity contribution is 5.94. The number of amides is 2. The number of aromatic nitrogens is 1. The van der Waals surface area contributed by atoms with Crippen molar-refractivity contribution in [2.24, 2.45) is 11.7 Å². The normalized spacial score (nSPS) is 20.5. The van der Waals surface area contributed by atoms with Crippen LogP contribution >= 0.6 is 0 Å². The van der Waals surface area contributed by atoms with Crippen LogP contribution in [0.15, 0.2) is 42.6 Å². The van der Waals surface area contributed by atoms with Gasteiger partial charge in [0.2, 0.25) is 11.8 Å². The summed E-state index contributed by atoms with van der Waals surface area (Å²) in [6.45, 7) is 6.41. The van der Waals surface area contributed by atoms with E-state index in [1.807, 2.05) is 29.2 Å². The number of morpholine rings is 1. The Morgan fingerprint density at radius 3 is 2.65 bits per heavy atom. The Kier molecular flexibility index (Phi) is 6.63. The van der Waals surface area contributed by atoms with Crippen molar-refractivity contribution in [1.29, 1.82) is 0 Å². The van der Waals surface area contributed by atoms with Gasteiger partial charge >= 0.3 is 0 Å².